The average Bonchev–Trinajstić information content (AvgIpc) is 2.50. The van der Waals surface area contributed by atoms with E-state index in [9.17, 15) is 0 Å². The zero-order valence-electron chi connectivity index (χ0n) is 12.1. The molecule has 2 heterocycles. The third-order valence-corrected chi connectivity index (χ3v) is 4.24. The molecule has 1 fully saturated rings. The van der Waals surface area contributed by atoms with Crippen LogP contribution in [-0.2, 0) is 9.47 Å². The lowest BCUT2D eigenvalue weighted by atomic mass is 9.91. The summed E-state index contributed by atoms with van der Waals surface area (Å²) in [5.74, 6) is 1.68. The van der Waals surface area contributed by atoms with E-state index in [0.717, 1.165) is 37.6 Å². The van der Waals surface area contributed by atoms with Gasteiger partial charge in [0.25, 0.3) is 0 Å². The van der Waals surface area contributed by atoms with Gasteiger partial charge in [-0.2, -0.15) is 0 Å². The molecule has 20 heavy (non-hydrogen) atoms. The largest absolute Gasteiger partial charge is 0.466 e. The first-order valence-electron chi connectivity index (χ1n) is 7.61. The summed E-state index contributed by atoms with van der Waals surface area (Å²) in [6.07, 6.45) is 16.4. The molecule has 0 saturated carbocycles. The van der Waals surface area contributed by atoms with Crippen LogP contribution in [0.5, 0.6) is 0 Å². The standard InChI is InChI=1S/C17H23NO2/c1-14-6-5-9-18(12-14)17(15-7-3-2-4-8-15)16-13-19-10-11-20-16/h2-3,7,10-11,13-14,17H,4-6,8-9,12H2,1H3. The van der Waals surface area contributed by atoms with Gasteiger partial charge in [0.05, 0.1) is 6.04 Å². The van der Waals surface area contributed by atoms with E-state index < -0.39 is 0 Å². The van der Waals surface area contributed by atoms with E-state index in [1.165, 1.54) is 18.4 Å². The second-order valence-electron chi connectivity index (χ2n) is 5.90. The lowest BCUT2D eigenvalue weighted by molar-refractivity contribution is 0.119. The fraction of sp³-hybridized carbons (Fsp3) is 0.529. The Balaban J connectivity index is 1.84. The number of likely N-dealkylation sites (tertiary alicyclic amines) is 1. The zero-order chi connectivity index (χ0) is 13.8. The molecule has 0 aromatic carbocycles. The minimum absolute atomic E-state index is 0.229. The molecule has 2 atom stereocenters. The van der Waals surface area contributed by atoms with E-state index in [4.69, 9.17) is 9.47 Å². The van der Waals surface area contributed by atoms with Crippen LogP contribution in [0.25, 0.3) is 0 Å². The fourth-order valence-corrected chi connectivity index (χ4v) is 3.31. The predicted molar refractivity (Wildman–Crippen MR) is 79.6 cm³/mol. The van der Waals surface area contributed by atoms with Gasteiger partial charge >= 0.3 is 0 Å². The smallest absolute Gasteiger partial charge is 0.160 e. The van der Waals surface area contributed by atoms with E-state index in [1.807, 2.05) is 0 Å². The van der Waals surface area contributed by atoms with Crippen molar-refractivity contribution in [2.75, 3.05) is 13.1 Å². The molecule has 2 unspecified atom stereocenters. The van der Waals surface area contributed by atoms with Gasteiger partial charge in [-0.05, 0) is 43.7 Å². The van der Waals surface area contributed by atoms with Gasteiger partial charge in [-0.1, -0.05) is 25.2 Å². The highest BCUT2D eigenvalue weighted by Gasteiger charge is 2.31. The molecular formula is C17H23NO2. The predicted octanol–water partition coefficient (Wildman–Crippen LogP) is 3.72. The topological polar surface area (TPSA) is 21.7 Å². The van der Waals surface area contributed by atoms with Crippen molar-refractivity contribution >= 4 is 0 Å². The molecule has 0 amide bonds. The summed E-state index contributed by atoms with van der Waals surface area (Å²) in [5.41, 5.74) is 1.44. The average molecular weight is 273 g/mol. The van der Waals surface area contributed by atoms with Gasteiger partial charge in [-0.15, -0.1) is 0 Å². The molecule has 1 saturated heterocycles. The van der Waals surface area contributed by atoms with Crippen molar-refractivity contribution in [2.24, 2.45) is 5.92 Å². The van der Waals surface area contributed by atoms with Crippen LogP contribution in [0.4, 0.5) is 0 Å². The summed E-state index contributed by atoms with van der Waals surface area (Å²) >= 11 is 0. The van der Waals surface area contributed by atoms with E-state index in [-0.39, 0.29) is 6.04 Å². The molecule has 0 bridgehead atoms. The fourth-order valence-electron chi connectivity index (χ4n) is 3.31. The first-order valence-corrected chi connectivity index (χ1v) is 7.61. The van der Waals surface area contributed by atoms with Gasteiger partial charge in [0.1, 0.15) is 18.8 Å². The Hall–Kier alpha value is -1.48. The van der Waals surface area contributed by atoms with Gasteiger partial charge in [0.15, 0.2) is 5.76 Å². The van der Waals surface area contributed by atoms with E-state index >= 15 is 0 Å². The SMILES string of the molecule is CC1CCCN(C(C2=CC=CCC2)C2=COC=CO2)C1. The molecule has 3 nitrogen and oxygen atoms in total. The molecule has 0 radical (unpaired) electrons. The Morgan fingerprint density at radius 2 is 2.30 bits per heavy atom. The molecule has 3 heteroatoms. The van der Waals surface area contributed by atoms with Crippen molar-refractivity contribution in [2.45, 2.75) is 38.6 Å². The maximum absolute atomic E-state index is 5.73. The molecule has 0 aromatic heterocycles. The van der Waals surface area contributed by atoms with Gasteiger partial charge in [-0.3, -0.25) is 4.90 Å². The Morgan fingerprint density at radius 1 is 1.35 bits per heavy atom. The number of nitrogens with zero attached hydrogens (tertiary/aromatic N) is 1. The highest BCUT2D eigenvalue weighted by atomic mass is 16.5. The molecule has 3 rings (SSSR count). The summed E-state index contributed by atoms with van der Waals surface area (Å²) in [4.78, 5) is 2.55. The zero-order valence-corrected chi connectivity index (χ0v) is 12.1. The first-order chi connectivity index (χ1) is 9.84. The van der Waals surface area contributed by atoms with E-state index in [1.54, 1.807) is 18.8 Å². The number of rotatable bonds is 3. The highest BCUT2D eigenvalue weighted by Crippen LogP contribution is 2.30. The van der Waals surface area contributed by atoms with Gasteiger partial charge in [-0.25, -0.2) is 0 Å². The van der Waals surface area contributed by atoms with Crippen LogP contribution >= 0.6 is 0 Å². The number of hydrogen-bond donors (Lipinski definition) is 0. The Morgan fingerprint density at radius 3 is 3.00 bits per heavy atom. The minimum atomic E-state index is 0.229. The van der Waals surface area contributed by atoms with E-state index in [2.05, 4.69) is 30.1 Å². The monoisotopic (exact) mass is 273 g/mol. The number of hydrogen-bond acceptors (Lipinski definition) is 3. The van der Waals surface area contributed by atoms with Gasteiger partial charge in [0.2, 0.25) is 0 Å². The molecule has 2 aliphatic heterocycles. The van der Waals surface area contributed by atoms with Crippen molar-refractivity contribution in [1.82, 2.24) is 4.90 Å². The minimum Gasteiger partial charge on any atom is -0.466 e. The van der Waals surface area contributed by atoms with Crippen LogP contribution in [0.3, 0.4) is 0 Å². The first kappa shape index (κ1) is 13.5. The summed E-state index contributed by atoms with van der Waals surface area (Å²) in [7, 11) is 0. The lowest BCUT2D eigenvalue weighted by Crippen LogP contribution is -2.44. The normalized spacial score (nSPS) is 28.1. The van der Waals surface area contributed by atoms with Crippen LogP contribution < -0.4 is 0 Å². The summed E-state index contributed by atoms with van der Waals surface area (Å²) in [6.45, 7) is 4.61. The van der Waals surface area contributed by atoms with Gasteiger partial charge in [0, 0.05) is 6.54 Å². The second-order valence-corrected chi connectivity index (χ2v) is 5.90. The van der Waals surface area contributed by atoms with Crippen LogP contribution in [0.2, 0.25) is 0 Å². The maximum Gasteiger partial charge on any atom is 0.160 e. The van der Waals surface area contributed by atoms with Crippen LogP contribution in [-0.4, -0.2) is 24.0 Å². The highest BCUT2D eigenvalue weighted by molar-refractivity contribution is 5.29. The Labute approximate surface area is 121 Å². The molecule has 3 aliphatic rings. The maximum atomic E-state index is 5.73. The molecule has 0 spiro atoms. The van der Waals surface area contributed by atoms with Crippen molar-refractivity contribution in [1.29, 1.82) is 0 Å². The summed E-state index contributed by atoms with van der Waals surface area (Å²) in [5, 5.41) is 0. The van der Waals surface area contributed by atoms with E-state index in [0.29, 0.717) is 0 Å². The summed E-state index contributed by atoms with van der Waals surface area (Å²) < 4.78 is 11.1. The van der Waals surface area contributed by atoms with Crippen molar-refractivity contribution in [3.05, 3.63) is 48.3 Å². The summed E-state index contributed by atoms with van der Waals surface area (Å²) in [6, 6.07) is 0.229. The lowest BCUT2D eigenvalue weighted by Gasteiger charge is -2.39. The number of piperidine rings is 1. The molecular weight excluding hydrogens is 250 g/mol. The second kappa shape index (κ2) is 6.31. The molecule has 0 aromatic rings. The van der Waals surface area contributed by atoms with Crippen LogP contribution in [0.1, 0.15) is 32.6 Å². The van der Waals surface area contributed by atoms with Gasteiger partial charge < -0.3 is 9.47 Å². The molecule has 1 aliphatic carbocycles. The number of allylic oxidation sites excluding steroid dienone is 3. The Kier molecular flexibility index (Phi) is 4.26. The quantitative estimate of drug-likeness (QED) is 0.782. The van der Waals surface area contributed by atoms with Crippen LogP contribution in [0, 0.1) is 5.92 Å². The van der Waals surface area contributed by atoms with Crippen molar-refractivity contribution < 1.29 is 9.47 Å². The van der Waals surface area contributed by atoms with Crippen molar-refractivity contribution in [3.63, 3.8) is 0 Å². The van der Waals surface area contributed by atoms with Crippen LogP contribution in [0.15, 0.2) is 48.3 Å². The molecule has 0 N–H and O–H groups in total. The third kappa shape index (κ3) is 2.98. The number of ether oxygens (including phenoxy) is 2. The Bertz CT molecular complexity index is 462. The van der Waals surface area contributed by atoms with Crippen molar-refractivity contribution in [3.8, 4) is 0 Å². The third-order valence-electron chi connectivity index (χ3n) is 4.24. The molecule has 108 valence electrons.